The third kappa shape index (κ3) is 1.82. The zero-order valence-corrected chi connectivity index (χ0v) is 9.18. The van der Waals surface area contributed by atoms with Gasteiger partial charge in [0.2, 0.25) is 0 Å². The molecule has 0 aliphatic carbocycles. The van der Waals surface area contributed by atoms with E-state index in [0.717, 1.165) is 5.69 Å². The Morgan fingerprint density at radius 2 is 2.25 bits per heavy atom. The van der Waals surface area contributed by atoms with Crippen LogP contribution < -0.4 is 4.74 Å². The van der Waals surface area contributed by atoms with Crippen molar-refractivity contribution >= 4 is 5.78 Å². The minimum Gasteiger partial charge on any atom is -0.495 e. The van der Waals surface area contributed by atoms with Crippen molar-refractivity contribution in [2.24, 2.45) is 0 Å². The molecular weight excluding hydrogens is 204 g/mol. The van der Waals surface area contributed by atoms with Gasteiger partial charge in [-0.3, -0.25) is 4.79 Å². The molecule has 1 aromatic carbocycles. The monoisotopic (exact) mass is 216 g/mol. The number of imidazole rings is 1. The smallest absolute Gasteiger partial charge is 0.159 e. The topological polar surface area (TPSA) is 44.1 Å². The van der Waals surface area contributed by atoms with Crippen LogP contribution in [0, 0.1) is 0 Å². The lowest BCUT2D eigenvalue weighted by Crippen LogP contribution is -1.99. The van der Waals surface area contributed by atoms with Gasteiger partial charge in [0.1, 0.15) is 5.75 Å². The van der Waals surface area contributed by atoms with Crippen molar-refractivity contribution < 1.29 is 9.53 Å². The zero-order chi connectivity index (χ0) is 11.5. The molecule has 82 valence electrons. The molecule has 4 nitrogen and oxygen atoms in total. The summed E-state index contributed by atoms with van der Waals surface area (Å²) in [4.78, 5) is 15.2. The van der Waals surface area contributed by atoms with Crippen LogP contribution in [0.1, 0.15) is 17.3 Å². The summed E-state index contributed by atoms with van der Waals surface area (Å²) in [5.74, 6) is 0.682. The average molecular weight is 216 g/mol. The Balaban J connectivity index is 2.51. The van der Waals surface area contributed by atoms with Gasteiger partial charge < -0.3 is 9.30 Å². The molecule has 0 N–H and O–H groups in total. The molecule has 0 unspecified atom stereocenters. The first kappa shape index (κ1) is 10.4. The van der Waals surface area contributed by atoms with Gasteiger partial charge in [0.25, 0.3) is 0 Å². The van der Waals surface area contributed by atoms with Crippen LogP contribution in [0.5, 0.6) is 5.75 Å². The van der Waals surface area contributed by atoms with Gasteiger partial charge in [0, 0.05) is 18.0 Å². The van der Waals surface area contributed by atoms with Crippen LogP contribution in [0.25, 0.3) is 5.69 Å². The Kier molecular flexibility index (Phi) is 2.72. The molecule has 2 aromatic rings. The van der Waals surface area contributed by atoms with E-state index in [0.29, 0.717) is 11.3 Å². The van der Waals surface area contributed by atoms with Crippen molar-refractivity contribution in [2.45, 2.75) is 6.92 Å². The van der Waals surface area contributed by atoms with Gasteiger partial charge in [-0.15, -0.1) is 0 Å². The summed E-state index contributed by atoms with van der Waals surface area (Å²) < 4.78 is 7.10. The fourth-order valence-corrected chi connectivity index (χ4v) is 1.51. The first-order chi connectivity index (χ1) is 7.72. The van der Waals surface area contributed by atoms with Crippen molar-refractivity contribution in [1.29, 1.82) is 0 Å². The van der Waals surface area contributed by atoms with Crippen LogP contribution in [0.3, 0.4) is 0 Å². The van der Waals surface area contributed by atoms with Crippen LogP contribution in [0.15, 0.2) is 36.9 Å². The minimum atomic E-state index is 0.0236. The Labute approximate surface area is 93.5 Å². The number of Topliss-reactive ketones (excluding diaryl/α,β-unsaturated/α-hetero) is 1. The van der Waals surface area contributed by atoms with Crippen LogP contribution in [0.2, 0.25) is 0 Å². The van der Waals surface area contributed by atoms with E-state index in [1.807, 2.05) is 16.8 Å². The van der Waals surface area contributed by atoms with Crippen molar-refractivity contribution in [3.63, 3.8) is 0 Å². The molecule has 4 heteroatoms. The molecule has 1 aromatic heterocycles. The number of nitrogens with zero attached hydrogens (tertiary/aromatic N) is 2. The number of carbonyl (C=O) groups excluding carboxylic acids is 1. The highest BCUT2D eigenvalue weighted by Gasteiger charge is 2.08. The van der Waals surface area contributed by atoms with E-state index in [4.69, 9.17) is 4.74 Å². The Hall–Kier alpha value is -2.10. The number of carbonyl (C=O) groups is 1. The van der Waals surface area contributed by atoms with E-state index in [-0.39, 0.29) is 5.78 Å². The summed E-state index contributed by atoms with van der Waals surface area (Å²) in [6.07, 6.45) is 5.20. The lowest BCUT2D eigenvalue weighted by atomic mass is 10.1. The van der Waals surface area contributed by atoms with Gasteiger partial charge in [-0.05, 0) is 25.1 Å². The molecule has 0 saturated heterocycles. The van der Waals surface area contributed by atoms with Gasteiger partial charge in [-0.2, -0.15) is 0 Å². The van der Waals surface area contributed by atoms with Crippen molar-refractivity contribution in [2.75, 3.05) is 7.11 Å². The van der Waals surface area contributed by atoms with Crippen molar-refractivity contribution in [3.8, 4) is 11.4 Å². The number of rotatable bonds is 3. The van der Waals surface area contributed by atoms with Crippen molar-refractivity contribution in [3.05, 3.63) is 42.5 Å². The summed E-state index contributed by atoms with van der Waals surface area (Å²) in [6, 6.07) is 5.36. The molecule has 0 aliphatic rings. The molecule has 2 rings (SSSR count). The number of ketones is 1. The number of benzene rings is 1. The predicted molar refractivity (Wildman–Crippen MR) is 60.1 cm³/mol. The summed E-state index contributed by atoms with van der Waals surface area (Å²) in [5, 5.41) is 0. The second-order valence-electron chi connectivity index (χ2n) is 3.41. The van der Waals surface area contributed by atoms with E-state index in [2.05, 4.69) is 4.98 Å². The van der Waals surface area contributed by atoms with E-state index in [1.54, 1.807) is 31.8 Å². The summed E-state index contributed by atoms with van der Waals surface area (Å²) in [5.41, 5.74) is 1.51. The molecular formula is C12H12N2O2. The Morgan fingerprint density at radius 3 is 2.81 bits per heavy atom. The molecule has 0 radical (unpaired) electrons. The predicted octanol–water partition coefficient (Wildman–Crippen LogP) is 2.08. The molecule has 0 spiro atoms. The zero-order valence-electron chi connectivity index (χ0n) is 9.18. The number of hydrogen-bond acceptors (Lipinski definition) is 3. The molecule has 0 amide bonds. The highest BCUT2D eigenvalue weighted by Crippen LogP contribution is 2.24. The maximum atomic E-state index is 11.2. The van der Waals surface area contributed by atoms with Crippen LogP contribution in [0.4, 0.5) is 0 Å². The van der Waals surface area contributed by atoms with Crippen LogP contribution in [-0.4, -0.2) is 22.4 Å². The largest absolute Gasteiger partial charge is 0.495 e. The number of ether oxygens (including phenoxy) is 1. The van der Waals surface area contributed by atoms with Gasteiger partial charge >= 0.3 is 0 Å². The second-order valence-corrected chi connectivity index (χ2v) is 3.41. The lowest BCUT2D eigenvalue weighted by molar-refractivity contribution is 0.101. The standard InChI is InChI=1S/C12H12N2O2/c1-9(15)10-3-4-11(12(7-10)16-2)14-6-5-13-8-14/h3-8H,1-2H3. The van der Waals surface area contributed by atoms with E-state index < -0.39 is 0 Å². The highest BCUT2D eigenvalue weighted by molar-refractivity contribution is 5.94. The Bertz CT molecular complexity index is 504. The quantitative estimate of drug-likeness (QED) is 0.738. The third-order valence-electron chi connectivity index (χ3n) is 2.37. The Morgan fingerprint density at radius 1 is 1.44 bits per heavy atom. The first-order valence-electron chi connectivity index (χ1n) is 4.89. The SMILES string of the molecule is COc1cc(C(C)=O)ccc1-n1ccnc1. The summed E-state index contributed by atoms with van der Waals surface area (Å²) in [6.45, 7) is 1.53. The van der Waals surface area contributed by atoms with E-state index >= 15 is 0 Å². The van der Waals surface area contributed by atoms with Gasteiger partial charge in [0.05, 0.1) is 19.1 Å². The molecule has 0 atom stereocenters. The third-order valence-corrected chi connectivity index (χ3v) is 2.37. The molecule has 0 saturated carbocycles. The van der Waals surface area contributed by atoms with Gasteiger partial charge in [-0.25, -0.2) is 4.98 Å². The van der Waals surface area contributed by atoms with Crippen molar-refractivity contribution in [1.82, 2.24) is 9.55 Å². The molecule has 1 heterocycles. The number of methoxy groups -OCH3 is 1. The minimum absolute atomic E-state index is 0.0236. The molecule has 0 bridgehead atoms. The second kappa shape index (κ2) is 4.18. The normalized spacial score (nSPS) is 10.1. The number of hydrogen-bond donors (Lipinski definition) is 0. The maximum Gasteiger partial charge on any atom is 0.159 e. The van der Waals surface area contributed by atoms with Gasteiger partial charge in [0.15, 0.2) is 5.78 Å². The first-order valence-corrected chi connectivity index (χ1v) is 4.89. The van der Waals surface area contributed by atoms with E-state index in [9.17, 15) is 4.79 Å². The molecule has 16 heavy (non-hydrogen) atoms. The fourth-order valence-electron chi connectivity index (χ4n) is 1.51. The maximum absolute atomic E-state index is 11.2. The lowest BCUT2D eigenvalue weighted by Gasteiger charge is -2.09. The average Bonchev–Trinajstić information content (AvgIpc) is 2.81. The molecule has 0 fully saturated rings. The van der Waals surface area contributed by atoms with E-state index in [1.165, 1.54) is 6.92 Å². The van der Waals surface area contributed by atoms with Crippen LogP contribution in [-0.2, 0) is 0 Å². The fraction of sp³-hybridized carbons (Fsp3) is 0.167. The highest BCUT2D eigenvalue weighted by atomic mass is 16.5. The molecule has 0 aliphatic heterocycles. The summed E-state index contributed by atoms with van der Waals surface area (Å²) in [7, 11) is 1.58. The van der Waals surface area contributed by atoms with Crippen LogP contribution >= 0.6 is 0 Å². The number of aromatic nitrogens is 2. The van der Waals surface area contributed by atoms with Gasteiger partial charge in [-0.1, -0.05) is 0 Å². The summed E-state index contributed by atoms with van der Waals surface area (Å²) >= 11 is 0.